The summed E-state index contributed by atoms with van der Waals surface area (Å²) in [5.41, 5.74) is 4.93. The fourth-order valence-electron chi connectivity index (χ4n) is 3.21. The van der Waals surface area contributed by atoms with Crippen molar-refractivity contribution >= 4 is 11.3 Å². The van der Waals surface area contributed by atoms with Gasteiger partial charge in [0.1, 0.15) is 5.69 Å². The van der Waals surface area contributed by atoms with Crippen LogP contribution in [0.1, 0.15) is 30.3 Å². The Labute approximate surface area is 138 Å². The zero-order valence-electron chi connectivity index (χ0n) is 13.0. The van der Waals surface area contributed by atoms with Gasteiger partial charge < -0.3 is 4.57 Å². The highest BCUT2D eigenvalue weighted by atomic mass is 32.1. The monoisotopic (exact) mass is 326 g/mol. The zero-order valence-corrected chi connectivity index (χ0v) is 13.8. The van der Waals surface area contributed by atoms with Crippen molar-refractivity contribution in [3.8, 4) is 11.5 Å². The van der Waals surface area contributed by atoms with E-state index >= 15 is 0 Å². The van der Waals surface area contributed by atoms with Crippen LogP contribution in [-0.2, 0) is 13.6 Å². The van der Waals surface area contributed by atoms with Crippen LogP contribution in [0.5, 0.6) is 0 Å². The second-order valence-electron chi connectivity index (χ2n) is 5.76. The Morgan fingerprint density at radius 1 is 1.17 bits per heavy atom. The van der Waals surface area contributed by atoms with Crippen LogP contribution in [0.25, 0.3) is 11.5 Å². The summed E-state index contributed by atoms with van der Waals surface area (Å²) in [5.74, 6) is 0.869. The van der Waals surface area contributed by atoms with Crippen LogP contribution in [0.4, 0.5) is 0 Å². The number of thiazole rings is 1. The smallest absolute Gasteiger partial charge is 0.160 e. The lowest BCUT2D eigenvalue weighted by molar-refractivity contribution is 0.242. The molecule has 0 saturated carbocycles. The summed E-state index contributed by atoms with van der Waals surface area (Å²) in [5, 5.41) is 2.12. The third-order valence-corrected chi connectivity index (χ3v) is 4.92. The molecule has 4 heterocycles. The molecule has 0 aliphatic carbocycles. The maximum Gasteiger partial charge on any atom is 0.160 e. The van der Waals surface area contributed by atoms with Gasteiger partial charge in [0.05, 0.1) is 22.9 Å². The highest BCUT2D eigenvalue weighted by Crippen LogP contribution is 2.35. The Kier molecular flexibility index (Phi) is 3.88. The number of hydrogen-bond acceptors (Lipinski definition) is 6. The number of hydrogen-bond donors (Lipinski definition) is 0. The molecular weight excluding hydrogens is 308 g/mol. The average molecular weight is 326 g/mol. The molecule has 0 radical (unpaired) electrons. The molecule has 1 saturated heterocycles. The molecule has 0 N–H and O–H groups in total. The molecule has 7 heteroatoms. The standard InChI is InChI=1S/C16H18N6S/c1-21-8-6-19-16(21)15-14(17-4-5-18-15)13-3-2-7-22(13)9-12-10-23-11-20-12/h4-6,8,10-11,13H,2-3,7,9H2,1H3. The van der Waals surface area contributed by atoms with E-state index in [2.05, 4.69) is 30.2 Å². The van der Waals surface area contributed by atoms with Gasteiger partial charge in [0.15, 0.2) is 5.82 Å². The lowest BCUT2D eigenvalue weighted by Crippen LogP contribution is -2.24. The number of imidazole rings is 1. The molecule has 3 aromatic heterocycles. The minimum Gasteiger partial charge on any atom is -0.333 e. The van der Waals surface area contributed by atoms with Crippen molar-refractivity contribution < 1.29 is 0 Å². The first kappa shape index (κ1) is 14.5. The molecule has 0 spiro atoms. The van der Waals surface area contributed by atoms with Crippen molar-refractivity contribution in [1.82, 2.24) is 29.4 Å². The summed E-state index contributed by atoms with van der Waals surface area (Å²) < 4.78 is 1.99. The van der Waals surface area contributed by atoms with E-state index in [1.165, 1.54) is 6.42 Å². The fraction of sp³-hybridized carbons (Fsp3) is 0.375. The molecule has 6 nitrogen and oxygen atoms in total. The highest BCUT2D eigenvalue weighted by molar-refractivity contribution is 7.07. The van der Waals surface area contributed by atoms with Gasteiger partial charge in [0.25, 0.3) is 0 Å². The molecule has 118 valence electrons. The summed E-state index contributed by atoms with van der Waals surface area (Å²) in [6.07, 6.45) is 9.53. The molecule has 1 aliphatic rings. The SMILES string of the molecule is Cn1ccnc1-c1nccnc1C1CCCN1Cc1cscn1. The van der Waals surface area contributed by atoms with Gasteiger partial charge in [-0.05, 0) is 19.4 Å². The van der Waals surface area contributed by atoms with E-state index in [9.17, 15) is 0 Å². The summed E-state index contributed by atoms with van der Waals surface area (Å²) in [6.45, 7) is 1.93. The summed E-state index contributed by atoms with van der Waals surface area (Å²) in [4.78, 5) is 20.6. The molecule has 4 rings (SSSR count). The second-order valence-corrected chi connectivity index (χ2v) is 6.48. The minimum atomic E-state index is 0.275. The molecule has 23 heavy (non-hydrogen) atoms. The van der Waals surface area contributed by atoms with E-state index in [1.807, 2.05) is 23.3 Å². The Morgan fingerprint density at radius 2 is 2.09 bits per heavy atom. The second kappa shape index (κ2) is 6.17. The van der Waals surface area contributed by atoms with Crippen molar-refractivity contribution in [2.45, 2.75) is 25.4 Å². The topological polar surface area (TPSA) is 59.7 Å². The summed E-state index contributed by atoms with van der Waals surface area (Å²) in [7, 11) is 1.99. The Balaban J connectivity index is 1.68. The van der Waals surface area contributed by atoms with Crippen LogP contribution in [0.15, 0.2) is 35.7 Å². The third-order valence-electron chi connectivity index (χ3n) is 4.29. The molecular formula is C16H18N6S. The molecule has 0 aromatic carbocycles. The number of aromatic nitrogens is 5. The van der Waals surface area contributed by atoms with Gasteiger partial charge in [0.2, 0.25) is 0 Å². The highest BCUT2D eigenvalue weighted by Gasteiger charge is 2.30. The predicted octanol–water partition coefficient (Wildman–Crippen LogP) is 2.67. The van der Waals surface area contributed by atoms with Gasteiger partial charge >= 0.3 is 0 Å². The first-order valence-corrected chi connectivity index (χ1v) is 8.67. The van der Waals surface area contributed by atoms with Gasteiger partial charge in [-0.2, -0.15) is 0 Å². The van der Waals surface area contributed by atoms with Crippen LogP contribution in [-0.4, -0.2) is 35.9 Å². The number of likely N-dealkylation sites (tertiary alicyclic amines) is 1. The normalized spacial score (nSPS) is 18.6. The van der Waals surface area contributed by atoms with E-state index in [4.69, 9.17) is 0 Å². The van der Waals surface area contributed by atoms with Crippen LogP contribution >= 0.6 is 11.3 Å². The summed E-state index contributed by atoms with van der Waals surface area (Å²) in [6, 6.07) is 0.275. The number of aryl methyl sites for hydroxylation is 1. The van der Waals surface area contributed by atoms with Crippen molar-refractivity contribution in [1.29, 1.82) is 0 Å². The molecule has 0 bridgehead atoms. The molecule has 1 fully saturated rings. The maximum absolute atomic E-state index is 4.66. The van der Waals surface area contributed by atoms with Gasteiger partial charge in [-0.1, -0.05) is 0 Å². The molecule has 3 aromatic rings. The average Bonchev–Trinajstić information content (AvgIpc) is 3.30. The maximum atomic E-state index is 4.66. The quantitative estimate of drug-likeness (QED) is 0.738. The first-order valence-electron chi connectivity index (χ1n) is 7.72. The number of rotatable bonds is 4. The van der Waals surface area contributed by atoms with E-state index < -0.39 is 0 Å². The van der Waals surface area contributed by atoms with Crippen molar-refractivity contribution in [3.05, 3.63) is 47.1 Å². The lowest BCUT2D eigenvalue weighted by Gasteiger charge is -2.24. The summed E-state index contributed by atoms with van der Waals surface area (Å²) >= 11 is 1.64. The predicted molar refractivity (Wildman–Crippen MR) is 88.7 cm³/mol. The van der Waals surface area contributed by atoms with Crippen LogP contribution in [0.2, 0.25) is 0 Å². The zero-order chi connectivity index (χ0) is 15.6. The fourth-order valence-corrected chi connectivity index (χ4v) is 3.76. The number of nitrogens with zero attached hydrogens (tertiary/aromatic N) is 6. The van der Waals surface area contributed by atoms with Crippen LogP contribution < -0.4 is 0 Å². The molecule has 1 atom stereocenters. The van der Waals surface area contributed by atoms with Crippen LogP contribution in [0, 0.1) is 0 Å². The van der Waals surface area contributed by atoms with E-state index in [-0.39, 0.29) is 6.04 Å². The van der Waals surface area contributed by atoms with Gasteiger partial charge in [-0.15, -0.1) is 11.3 Å². The lowest BCUT2D eigenvalue weighted by atomic mass is 10.1. The molecule has 0 amide bonds. The molecule has 1 aliphatic heterocycles. The Bertz CT molecular complexity index is 781. The van der Waals surface area contributed by atoms with E-state index in [1.54, 1.807) is 29.9 Å². The minimum absolute atomic E-state index is 0.275. The Hall–Kier alpha value is -2.12. The molecule has 1 unspecified atom stereocenters. The van der Waals surface area contributed by atoms with Gasteiger partial charge in [-0.3, -0.25) is 9.88 Å². The van der Waals surface area contributed by atoms with E-state index in [0.717, 1.165) is 42.4 Å². The van der Waals surface area contributed by atoms with Crippen molar-refractivity contribution in [2.24, 2.45) is 7.05 Å². The van der Waals surface area contributed by atoms with Gasteiger partial charge in [-0.25, -0.2) is 15.0 Å². The third kappa shape index (κ3) is 2.77. The Morgan fingerprint density at radius 3 is 2.87 bits per heavy atom. The largest absolute Gasteiger partial charge is 0.333 e. The van der Waals surface area contributed by atoms with Gasteiger partial charge in [0, 0.05) is 43.8 Å². The first-order chi connectivity index (χ1) is 11.3. The van der Waals surface area contributed by atoms with Crippen molar-refractivity contribution in [2.75, 3.05) is 6.54 Å². The van der Waals surface area contributed by atoms with Crippen LogP contribution in [0.3, 0.4) is 0 Å². The van der Waals surface area contributed by atoms with E-state index in [0.29, 0.717) is 0 Å². The van der Waals surface area contributed by atoms with Crippen molar-refractivity contribution in [3.63, 3.8) is 0 Å².